The Kier molecular flexibility index (Phi) is 5.73. The summed E-state index contributed by atoms with van der Waals surface area (Å²) in [5.41, 5.74) is 4.05. The summed E-state index contributed by atoms with van der Waals surface area (Å²) in [5.74, 6) is 1.87. The third-order valence-electron chi connectivity index (χ3n) is 7.70. The van der Waals surface area contributed by atoms with Crippen LogP contribution in [0.2, 0.25) is 0 Å². The van der Waals surface area contributed by atoms with Crippen LogP contribution in [0, 0.1) is 17.2 Å². The van der Waals surface area contributed by atoms with Crippen molar-refractivity contribution in [2.24, 2.45) is 5.92 Å². The lowest BCUT2D eigenvalue weighted by molar-refractivity contribution is -0.142. The fraction of sp³-hybridized carbons (Fsp3) is 0.519. The van der Waals surface area contributed by atoms with E-state index in [1.807, 2.05) is 12.1 Å². The summed E-state index contributed by atoms with van der Waals surface area (Å²) in [6.07, 6.45) is 9.47. The van der Waals surface area contributed by atoms with E-state index in [2.05, 4.69) is 32.6 Å². The maximum Gasteiger partial charge on any atom is 0.225 e. The number of aromatic nitrogens is 3. The number of amides is 1. The second kappa shape index (κ2) is 9.04. The van der Waals surface area contributed by atoms with Crippen LogP contribution >= 0.6 is 0 Å². The van der Waals surface area contributed by atoms with Gasteiger partial charge < -0.3 is 14.5 Å². The van der Waals surface area contributed by atoms with Gasteiger partial charge in [-0.1, -0.05) is 12.7 Å². The Morgan fingerprint density at radius 2 is 2.06 bits per heavy atom. The van der Waals surface area contributed by atoms with Gasteiger partial charge >= 0.3 is 0 Å². The van der Waals surface area contributed by atoms with Crippen LogP contribution in [-0.2, 0) is 9.53 Å². The highest BCUT2D eigenvalue weighted by Gasteiger charge is 2.42. The number of hydrogen-bond donors (Lipinski definition) is 0. The molecule has 2 saturated heterocycles. The van der Waals surface area contributed by atoms with Crippen molar-refractivity contribution >= 4 is 17.8 Å². The van der Waals surface area contributed by atoms with Gasteiger partial charge in [-0.2, -0.15) is 15.5 Å². The zero-order valence-electron chi connectivity index (χ0n) is 19.9. The largest absolute Gasteiger partial charge is 0.377 e. The van der Waals surface area contributed by atoms with Crippen molar-refractivity contribution in [3.63, 3.8) is 0 Å². The van der Waals surface area contributed by atoms with Gasteiger partial charge in [-0.15, -0.1) is 0 Å². The molecule has 2 atom stereocenters. The average molecular weight is 471 g/mol. The summed E-state index contributed by atoms with van der Waals surface area (Å²) in [6.45, 7) is 6.66. The number of anilines is 1. The van der Waals surface area contributed by atoms with Gasteiger partial charge in [-0.25, -0.2) is 4.98 Å². The van der Waals surface area contributed by atoms with Gasteiger partial charge in [0.05, 0.1) is 41.7 Å². The van der Waals surface area contributed by atoms with Crippen LogP contribution in [0.4, 0.5) is 5.82 Å². The number of ether oxygens (including phenoxy) is 1. The molecule has 1 amide bonds. The number of piperazine rings is 1. The van der Waals surface area contributed by atoms with E-state index in [1.165, 1.54) is 0 Å². The van der Waals surface area contributed by atoms with E-state index in [9.17, 15) is 10.1 Å². The van der Waals surface area contributed by atoms with Crippen molar-refractivity contribution in [3.05, 3.63) is 41.7 Å². The summed E-state index contributed by atoms with van der Waals surface area (Å²) in [6, 6.07) is 6.44. The third-order valence-corrected chi connectivity index (χ3v) is 7.70. The number of pyridine rings is 1. The van der Waals surface area contributed by atoms with Crippen molar-refractivity contribution in [2.75, 3.05) is 31.1 Å². The second-order valence-corrected chi connectivity index (χ2v) is 10.2. The lowest BCUT2D eigenvalue weighted by Crippen LogP contribution is -2.57. The highest BCUT2D eigenvalue weighted by molar-refractivity contribution is 5.78. The average Bonchev–Trinajstić information content (AvgIpc) is 3.78. The highest BCUT2D eigenvalue weighted by Crippen LogP contribution is 2.45. The summed E-state index contributed by atoms with van der Waals surface area (Å²) in [7, 11) is 0. The Morgan fingerprint density at radius 1 is 1.23 bits per heavy atom. The summed E-state index contributed by atoms with van der Waals surface area (Å²) < 4.78 is 5.51. The molecule has 0 spiro atoms. The van der Waals surface area contributed by atoms with Crippen LogP contribution < -0.4 is 4.90 Å². The fourth-order valence-electron chi connectivity index (χ4n) is 5.29. The molecule has 8 heteroatoms. The van der Waals surface area contributed by atoms with Crippen LogP contribution in [0.5, 0.6) is 0 Å². The lowest BCUT2D eigenvalue weighted by atomic mass is 10.0. The first-order valence-corrected chi connectivity index (χ1v) is 12.7. The first-order chi connectivity index (χ1) is 17.1. The SMILES string of the molecule is C=Cc1cnnc(-c2cc(C#N)c(N3CCN(C(=O)CC4CCO4)[C@H](C4CC4)C3)nc2C2CC2)c1. The molecular weight excluding hydrogens is 440 g/mol. The zero-order valence-corrected chi connectivity index (χ0v) is 19.9. The summed E-state index contributed by atoms with van der Waals surface area (Å²) in [5, 5.41) is 18.5. The molecule has 2 aliphatic carbocycles. The van der Waals surface area contributed by atoms with Gasteiger partial charge in [0.1, 0.15) is 11.9 Å². The number of nitrogens with zero attached hydrogens (tertiary/aromatic N) is 6. The predicted molar refractivity (Wildman–Crippen MR) is 131 cm³/mol. The number of carbonyl (C=O) groups excluding carboxylic acids is 1. The number of nitriles is 1. The Morgan fingerprint density at radius 3 is 2.71 bits per heavy atom. The van der Waals surface area contributed by atoms with Crippen LogP contribution in [0.3, 0.4) is 0 Å². The second-order valence-electron chi connectivity index (χ2n) is 10.2. The molecule has 2 aliphatic heterocycles. The Balaban J connectivity index is 1.30. The first kappa shape index (κ1) is 22.2. The molecule has 4 heterocycles. The zero-order chi connectivity index (χ0) is 23.9. The maximum absolute atomic E-state index is 13.1. The molecule has 2 aromatic heterocycles. The minimum absolute atomic E-state index is 0.0866. The monoisotopic (exact) mass is 470 g/mol. The Bertz CT molecular complexity index is 1190. The van der Waals surface area contributed by atoms with Crippen molar-refractivity contribution < 1.29 is 9.53 Å². The van der Waals surface area contributed by atoms with E-state index in [0.29, 0.717) is 36.9 Å². The number of carbonyl (C=O) groups is 1. The summed E-state index contributed by atoms with van der Waals surface area (Å²) in [4.78, 5) is 22.5. The van der Waals surface area contributed by atoms with E-state index in [0.717, 1.165) is 73.6 Å². The Hall–Kier alpha value is -3.31. The van der Waals surface area contributed by atoms with Crippen LogP contribution in [-0.4, -0.2) is 64.4 Å². The fourth-order valence-corrected chi connectivity index (χ4v) is 5.29. The molecule has 8 nitrogen and oxygen atoms in total. The number of rotatable bonds is 7. The normalized spacial score (nSPS) is 24.0. The standard InChI is InChI=1S/C27H30N6O2/c1-2-17-11-23(31-29-15-17)22-12-20(14-28)27(30-26(22)19-5-6-19)32-8-9-33(24(16-32)18-3-4-18)25(34)13-21-7-10-35-21/h2,11-12,15,18-19,21,24H,1,3-10,13,16H2/t21?,24-/m0/s1. The quantitative estimate of drug-likeness (QED) is 0.611. The third kappa shape index (κ3) is 4.41. The molecule has 4 aliphatic rings. The molecule has 2 saturated carbocycles. The van der Waals surface area contributed by atoms with Crippen molar-refractivity contribution in [2.45, 2.75) is 56.6 Å². The molecule has 1 unspecified atom stereocenters. The molecular formula is C27H30N6O2. The van der Waals surface area contributed by atoms with Gasteiger partial charge in [0.15, 0.2) is 0 Å². The molecule has 0 N–H and O–H groups in total. The van der Waals surface area contributed by atoms with Crippen molar-refractivity contribution in [1.29, 1.82) is 5.26 Å². The van der Waals surface area contributed by atoms with E-state index in [4.69, 9.17) is 9.72 Å². The van der Waals surface area contributed by atoms with Gasteiger partial charge in [0.25, 0.3) is 0 Å². The molecule has 2 aromatic rings. The molecule has 4 fully saturated rings. The first-order valence-electron chi connectivity index (χ1n) is 12.7. The maximum atomic E-state index is 13.1. The molecule has 0 radical (unpaired) electrons. The molecule has 6 rings (SSSR count). The van der Waals surface area contributed by atoms with Crippen molar-refractivity contribution in [3.8, 4) is 17.3 Å². The van der Waals surface area contributed by atoms with Crippen LogP contribution in [0.15, 0.2) is 24.9 Å². The molecule has 0 bridgehead atoms. The van der Waals surface area contributed by atoms with Gasteiger partial charge in [0.2, 0.25) is 5.91 Å². The predicted octanol–water partition coefficient (Wildman–Crippen LogP) is 3.54. The summed E-state index contributed by atoms with van der Waals surface area (Å²) >= 11 is 0. The van der Waals surface area contributed by atoms with Crippen molar-refractivity contribution in [1.82, 2.24) is 20.1 Å². The smallest absolute Gasteiger partial charge is 0.225 e. The van der Waals surface area contributed by atoms with E-state index in [-0.39, 0.29) is 18.1 Å². The molecule has 0 aromatic carbocycles. The molecule has 35 heavy (non-hydrogen) atoms. The van der Waals surface area contributed by atoms with Gasteiger partial charge in [0, 0.05) is 37.7 Å². The van der Waals surface area contributed by atoms with E-state index in [1.54, 1.807) is 12.3 Å². The lowest BCUT2D eigenvalue weighted by Gasteiger charge is -2.43. The van der Waals surface area contributed by atoms with E-state index >= 15 is 0 Å². The highest BCUT2D eigenvalue weighted by atomic mass is 16.5. The van der Waals surface area contributed by atoms with Crippen LogP contribution in [0.1, 0.15) is 61.3 Å². The minimum atomic E-state index is 0.0866. The topological polar surface area (TPSA) is 95.2 Å². The van der Waals surface area contributed by atoms with Gasteiger partial charge in [-0.05, 0) is 55.7 Å². The Labute approximate surface area is 205 Å². The minimum Gasteiger partial charge on any atom is -0.377 e. The number of hydrogen-bond acceptors (Lipinski definition) is 7. The molecule has 180 valence electrons. The van der Waals surface area contributed by atoms with Crippen LogP contribution in [0.25, 0.3) is 17.3 Å². The van der Waals surface area contributed by atoms with Gasteiger partial charge in [-0.3, -0.25) is 4.79 Å². The van der Waals surface area contributed by atoms with E-state index < -0.39 is 0 Å².